The second kappa shape index (κ2) is 10.0. The van der Waals surface area contributed by atoms with Crippen LogP contribution in [0.2, 0.25) is 0 Å². The van der Waals surface area contributed by atoms with Crippen LogP contribution < -0.4 is 10.6 Å². The number of benzene rings is 3. The van der Waals surface area contributed by atoms with Crippen molar-refractivity contribution in [2.45, 2.75) is 33.2 Å². The minimum atomic E-state index is 0. The van der Waals surface area contributed by atoms with Gasteiger partial charge in [-0.3, -0.25) is 9.78 Å². The topological polar surface area (TPSA) is 57.3 Å². The van der Waals surface area contributed by atoms with Crippen molar-refractivity contribution < 1.29 is 4.79 Å². The number of rotatable bonds is 5. The molecular weight excluding hydrogens is 408 g/mol. The van der Waals surface area contributed by atoms with E-state index in [4.69, 9.17) is 0 Å². The normalized spacial score (nSPS) is 16.3. The van der Waals surface area contributed by atoms with Gasteiger partial charge in [-0.05, 0) is 79.2 Å². The van der Waals surface area contributed by atoms with Crippen LogP contribution in [0.15, 0.2) is 72.9 Å². The Labute approximate surface area is 195 Å². The highest BCUT2D eigenvalue weighted by molar-refractivity contribution is 6.02. The average molecular weight is 441 g/mol. The van der Waals surface area contributed by atoms with Crippen molar-refractivity contribution in [3.63, 3.8) is 0 Å². The molecule has 0 saturated carbocycles. The van der Waals surface area contributed by atoms with Crippen LogP contribution in [0.1, 0.15) is 37.6 Å². The molecular formula is C28H32N4O. The van der Waals surface area contributed by atoms with Gasteiger partial charge in [0.1, 0.15) is 0 Å². The number of anilines is 2. The smallest absolute Gasteiger partial charge is 0.251 e. The summed E-state index contributed by atoms with van der Waals surface area (Å²) in [6.45, 7) is 5.27. The van der Waals surface area contributed by atoms with E-state index in [2.05, 4.69) is 57.8 Å². The highest BCUT2D eigenvalue weighted by Crippen LogP contribution is 2.29. The van der Waals surface area contributed by atoms with E-state index in [0.717, 1.165) is 54.8 Å². The third-order valence-corrected chi connectivity index (χ3v) is 6.32. The molecule has 5 rings (SSSR count). The zero-order valence-corrected chi connectivity index (χ0v) is 18.3. The molecule has 33 heavy (non-hydrogen) atoms. The Morgan fingerprint density at radius 3 is 2.58 bits per heavy atom. The maximum atomic E-state index is 12.7. The molecule has 4 aromatic rings. The number of nitrogens with zero attached hydrogens (tertiary/aromatic N) is 2. The molecule has 3 aromatic carbocycles. The number of fused-ring (bicyclic) bond motifs is 2. The van der Waals surface area contributed by atoms with Crippen LogP contribution in [0.5, 0.6) is 0 Å². The van der Waals surface area contributed by atoms with Crippen LogP contribution in [0.4, 0.5) is 11.4 Å². The molecule has 170 valence electrons. The van der Waals surface area contributed by atoms with Crippen molar-refractivity contribution >= 4 is 39.0 Å². The summed E-state index contributed by atoms with van der Waals surface area (Å²) in [5.41, 5.74) is 3.59. The number of carbonyl (C=O) groups excluding carboxylic acids is 1. The van der Waals surface area contributed by atoms with Gasteiger partial charge in [0, 0.05) is 41.1 Å². The van der Waals surface area contributed by atoms with E-state index in [9.17, 15) is 4.79 Å². The van der Waals surface area contributed by atoms with Crippen LogP contribution in [0, 0.1) is 0 Å². The van der Waals surface area contributed by atoms with Crippen LogP contribution >= 0.6 is 0 Å². The molecule has 0 bridgehead atoms. The van der Waals surface area contributed by atoms with Crippen molar-refractivity contribution in [2.24, 2.45) is 0 Å². The lowest BCUT2D eigenvalue weighted by Crippen LogP contribution is -2.47. The minimum Gasteiger partial charge on any atom is -0.355 e. The van der Waals surface area contributed by atoms with Crippen LogP contribution in [0.25, 0.3) is 21.7 Å². The van der Waals surface area contributed by atoms with E-state index in [0.29, 0.717) is 5.56 Å². The number of pyridine rings is 1. The highest BCUT2D eigenvalue weighted by atomic mass is 16.1. The Bertz CT molecular complexity index is 1250. The van der Waals surface area contributed by atoms with Gasteiger partial charge in [-0.1, -0.05) is 38.6 Å². The third-order valence-electron chi connectivity index (χ3n) is 6.32. The number of hydrogen-bond acceptors (Lipinski definition) is 4. The van der Waals surface area contributed by atoms with E-state index in [1.807, 2.05) is 42.6 Å². The first kappa shape index (κ1) is 22.7. The third kappa shape index (κ3) is 4.99. The number of carbonyl (C=O) groups is 1. The molecule has 0 aliphatic carbocycles. The van der Waals surface area contributed by atoms with Gasteiger partial charge in [-0.25, -0.2) is 0 Å². The maximum Gasteiger partial charge on any atom is 0.251 e. The molecule has 1 atom stereocenters. The van der Waals surface area contributed by atoms with Gasteiger partial charge in [-0.2, -0.15) is 0 Å². The summed E-state index contributed by atoms with van der Waals surface area (Å²) in [6, 6.07) is 22.5. The van der Waals surface area contributed by atoms with Crippen LogP contribution in [-0.2, 0) is 0 Å². The summed E-state index contributed by atoms with van der Waals surface area (Å²) in [5.74, 6) is 0.000309. The lowest BCUT2D eigenvalue weighted by atomic mass is 10.0. The molecule has 0 radical (unpaired) electrons. The molecule has 1 amide bonds. The van der Waals surface area contributed by atoms with Gasteiger partial charge in [0.05, 0.1) is 5.52 Å². The maximum absolute atomic E-state index is 12.7. The van der Waals surface area contributed by atoms with E-state index in [1.54, 1.807) is 0 Å². The summed E-state index contributed by atoms with van der Waals surface area (Å²) < 4.78 is 0. The summed E-state index contributed by atoms with van der Waals surface area (Å²) in [4.78, 5) is 19.7. The average Bonchev–Trinajstić information content (AvgIpc) is 2.83. The standard InChI is InChI=1S/C27H28N4O.CH4/c1-2-31-15-5-8-23(18-31)30-27(32)19-9-11-22(12-10-19)29-25-13-14-28-26-17-21-7-4-3-6-20(21)16-24(25)26;/h3-4,6-7,9-14,16-17,23H,2,5,8,15,18H2,1H3,(H,28,29)(H,30,32);1H4. The van der Waals surface area contributed by atoms with Gasteiger partial charge in [0.25, 0.3) is 5.91 Å². The van der Waals surface area contributed by atoms with E-state index >= 15 is 0 Å². The van der Waals surface area contributed by atoms with Gasteiger partial charge >= 0.3 is 0 Å². The Morgan fingerprint density at radius 1 is 1.06 bits per heavy atom. The summed E-state index contributed by atoms with van der Waals surface area (Å²) in [7, 11) is 0. The minimum absolute atomic E-state index is 0. The molecule has 1 aliphatic heterocycles. The predicted octanol–water partition coefficient (Wildman–Crippen LogP) is 5.98. The quantitative estimate of drug-likeness (QED) is 0.375. The molecule has 1 fully saturated rings. The lowest BCUT2D eigenvalue weighted by Gasteiger charge is -2.32. The fourth-order valence-corrected chi connectivity index (χ4v) is 4.53. The Kier molecular flexibility index (Phi) is 6.90. The van der Waals surface area contributed by atoms with Gasteiger partial charge < -0.3 is 15.5 Å². The van der Waals surface area contributed by atoms with E-state index in [1.165, 1.54) is 10.8 Å². The first-order chi connectivity index (χ1) is 15.7. The van der Waals surface area contributed by atoms with Crippen LogP contribution in [-0.4, -0.2) is 41.5 Å². The fourth-order valence-electron chi connectivity index (χ4n) is 4.53. The van der Waals surface area contributed by atoms with Crippen molar-refractivity contribution in [3.8, 4) is 0 Å². The second-order valence-corrected chi connectivity index (χ2v) is 8.48. The van der Waals surface area contributed by atoms with Crippen molar-refractivity contribution in [2.75, 3.05) is 25.0 Å². The van der Waals surface area contributed by atoms with Gasteiger partial charge in [-0.15, -0.1) is 0 Å². The van der Waals surface area contributed by atoms with Crippen molar-refractivity contribution in [1.82, 2.24) is 15.2 Å². The van der Waals surface area contributed by atoms with E-state index < -0.39 is 0 Å². The zero-order chi connectivity index (χ0) is 21.9. The molecule has 5 heteroatoms. The Balaban J connectivity index is 0.00000259. The molecule has 1 unspecified atom stereocenters. The molecule has 0 spiro atoms. The second-order valence-electron chi connectivity index (χ2n) is 8.48. The molecule has 2 N–H and O–H groups in total. The summed E-state index contributed by atoms with van der Waals surface area (Å²) >= 11 is 0. The highest BCUT2D eigenvalue weighted by Gasteiger charge is 2.20. The zero-order valence-electron chi connectivity index (χ0n) is 18.3. The molecule has 1 aliphatic rings. The lowest BCUT2D eigenvalue weighted by molar-refractivity contribution is 0.0906. The number of piperidine rings is 1. The van der Waals surface area contributed by atoms with Gasteiger partial charge in [0.15, 0.2) is 0 Å². The Morgan fingerprint density at radius 2 is 1.82 bits per heavy atom. The largest absolute Gasteiger partial charge is 0.355 e. The van der Waals surface area contributed by atoms with E-state index in [-0.39, 0.29) is 19.4 Å². The van der Waals surface area contributed by atoms with Crippen molar-refractivity contribution in [1.29, 1.82) is 0 Å². The Hall–Kier alpha value is -3.44. The molecule has 2 heterocycles. The van der Waals surface area contributed by atoms with Crippen LogP contribution in [0.3, 0.4) is 0 Å². The van der Waals surface area contributed by atoms with Crippen molar-refractivity contribution in [3.05, 3.63) is 78.5 Å². The summed E-state index contributed by atoms with van der Waals surface area (Å²) in [5, 5.41) is 10.1. The number of amides is 1. The monoisotopic (exact) mass is 440 g/mol. The predicted molar refractivity (Wildman–Crippen MR) is 138 cm³/mol. The molecule has 5 nitrogen and oxygen atoms in total. The SMILES string of the molecule is C.CCN1CCCC(NC(=O)c2ccc(Nc3ccnc4cc5ccccc5cc34)cc2)C1. The first-order valence-electron chi connectivity index (χ1n) is 11.4. The number of hydrogen-bond donors (Lipinski definition) is 2. The first-order valence-corrected chi connectivity index (χ1v) is 11.4. The fraction of sp³-hybridized carbons (Fsp3) is 0.286. The molecule has 1 saturated heterocycles. The summed E-state index contributed by atoms with van der Waals surface area (Å²) in [6.07, 6.45) is 4.01. The number of likely N-dealkylation sites (N-methyl/N-ethyl adjacent to an activating group) is 1. The molecule has 1 aromatic heterocycles. The van der Waals surface area contributed by atoms with Gasteiger partial charge in [0.2, 0.25) is 0 Å². The number of likely N-dealkylation sites (tertiary alicyclic amines) is 1. The number of nitrogens with one attached hydrogen (secondary N) is 2. The number of aromatic nitrogens is 1.